The minimum Gasteiger partial charge on any atom is -0.378 e. The summed E-state index contributed by atoms with van der Waals surface area (Å²) in [6.45, 7) is 5.11. The molecule has 0 aliphatic carbocycles. The van der Waals surface area contributed by atoms with Gasteiger partial charge in [0.2, 0.25) is 0 Å². The molecular weight excluding hydrogens is 164 g/mol. The summed E-state index contributed by atoms with van der Waals surface area (Å²) in [5, 5.41) is 9.33. The summed E-state index contributed by atoms with van der Waals surface area (Å²) in [5.41, 5.74) is 0.426. The topological polar surface area (TPSA) is 46.0 Å². The van der Waals surface area contributed by atoms with Crippen LogP contribution >= 0.6 is 0 Å². The lowest BCUT2D eigenvalue weighted by Gasteiger charge is -2.05. The Labute approximate surface area is 77.9 Å². The van der Waals surface area contributed by atoms with Gasteiger partial charge in [-0.15, -0.1) is 0 Å². The van der Waals surface area contributed by atoms with Crippen LogP contribution in [0.5, 0.6) is 0 Å². The molecule has 0 saturated heterocycles. The molecule has 0 amide bonds. The maximum atomic E-state index is 9.33. The maximum Gasteiger partial charge on any atom is 0.131 e. The highest BCUT2D eigenvalue weighted by molar-refractivity contribution is 5.28. The zero-order valence-corrected chi connectivity index (χ0v) is 8.00. The highest BCUT2D eigenvalue weighted by atomic mass is 16.3. The fourth-order valence-corrected chi connectivity index (χ4v) is 0.741. The van der Waals surface area contributed by atoms with Gasteiger partial charge in [0.25, 0.3) is 0 Å². The van der Waals surface area contributed by atoms with Gasteiger partial charge in [0.1, 0.15) is 11.3 Å². The molecule has 3 nitrogen and oxygen atoms in total. The fraction of sp³-hybridized carbons (Fsp3) is 0.400. The van der Waals surface area contributed by atoms with Gasteiger partial charge in [-0.1, -0.05) is 5.92 Å². The van der Waals surface area contributed by atoms with E-state index >= 15 is 0 Å². The summed E-state index contributed by atoms with van der Waals surface area (Å²) in [5.74, 6) is 5.42. The summed E-state index contributed by atoms with van der Waals surface area (Å²) in [4.78, 5) is 8.07. The van der Waals surface area contributed by atoms with Crippen LogP contribution in [0.4, 0.5) is 0 Å². The molecule has 0 saturated carbocycles. The van der Waals surface area contributed by atoms with E-state index in [9.17, 15) is 5.11 Å². The number of aryl methyl sites for hydroxylation is 1. The van der Waals surface area contributed by atoms with Crippen molar-refractivity contribution in [2.24, 2.45) is 0 Å². The molecule has 1 rings (SSSR count). The van der Waals surface area contributed by atoms with Crippen molar-refractivity contribution in [3.8, 4) is 11.8 Å². The average molecular weight is 176 g/mol. The first-order chi connectivity index (χ1) is 5.97. The predicted octanol–water partition coefficient (Wildman–Crippen LogP) is 0.907. The standard InChI is InChI=1S/C10H12N2O/c1-8-6-11-7-9(12-8)4-5-10(2,3)13/h6-7,13H,1-3H3. The van der Waals surface area contributed by atoms with Gasteiger partial charge < -0.3 is 5.11 Å². The zero-order valence-electron chi connectivity index (χ0n) is 8.00. The third-order valence-electron chi connectivity index (χ3n) is 1.25. The quantitative estimate of drug-likeness (QED) is 0.597. The first-order valence-electron chi connectivity index (χ1n) is 4.01. The predicted molar refractivity (Wildman–Crippen MR) is 49.9 cm³/mol. The summed E-state index contributed by atoms with van der Waals surface area (Å²) in [6, 6.07) is 0. The zero-order chi connectivity index (χ0) is 9.90. The van der Waals surface area contributed by atoms with E-state index in [4.69, 9.17) is 0 Å². The van der Waals surface area contributed by atoms with Crippen LogP contribution in [0.3, 0.4) is 0 Å². The second-order valence-corrected chi connectivity index (χ2v) is 3.35. The maximum absolute atomic E-state index is 9.33. The van der Waals surface area contributed by atoms with E-state index in [0.29, 0.717) is 5.69 Å². The van der Waals surface area contributed by atoms with E-state index in [2.05, 4.69) is 21.8 Å². The van der Waals surface area contributed by atoms with Crippen molar-refractivity contribution in [2.75, 3.05) is 0 Å². The Bertz CT molecular complexity index is 355. The molecule has 0 atom stereocenters. The fourth-order valence-electron chi connectivity index (χ4n) is 0.741. The molecule has 1 aromatic rings. The van der Waals surface area contributed by atoms with Gasteiger partial charge in [-0.25, -0.2) is 4.98 Å². The number of hydrogen-bond acceptors (Lipinski definition) is 3. The third kappa shape index (κ3) is 3.68. The smallest absolute Gasteiger partial charge is 0.131 e. The summed E-state index contributed by atoms with van der Waals surface area (Å²) >= 11 is 0. The number of aliphatic hydroxyl groups is 1. The molecule has 3 heteroatoms. The number of rotatable bonds is 0. The van der Waals surface area contributed by atoms with E-state index < -0.39 is 5.60 Å². The molecule has 13 heavy (non-hydrogen) atoms. The van der Waals surface area contributed by atoms with E-state index in [1.807, 2.05) is 6.92 Å². The van der Waals surface area contributed by atoms with Crippen LogP contribution in [-0.4, -0.2) is 20.7 Å². The summed E-state index contributed by atoms with van der Waals surface area (Å²) in [6.07, 6.45) is 3.24. The molecular formula is C10H12N2O. The van der Waals surface area contributed by atoms with Crippen molar-refractivity contribution in [3.63, 3.8) is 0 Å². The second-order valence-electron chi connectivity index (χ2n) is 3.35. The van der Waals surface area contributed by atoms with Crippen molar-refractivity contribution in [1.29, 1.82) is 0 Å². The van der Waals surface area contributed by atoms with E-state index in [1.165, 1.54) is 0 Å². The SMILES string of the molecule is Cc1cncc(C#CC(C)(C)O)n1. The second kappa shape index (κ2) is 3.55. The Morgan fingerprint density at radius 1 is 1.38 bits per heavy atom. The minimum absolute atomic E-state index is 0.585. The van der Waals surface area contributed by atoms with Gasteiger partial charge in [0.15, 0.2) is 0 Å². The van der Waals surface area contributed by atoms with Gasteiger partial charge >= 0.3 is 0 Å². The Morgan fingerprint density at radius 2 is 2.08 bits per heavy atom. The molecule has 0 aromatic carbocycles. The van der Waals surface area contributed by atoms with Gasteiger partial charge in [-0.05, 0) is 26.7 Å². The van der Waals surface area contributed by atoms with Gasteiger partial charge in [-0.3, -0.25) is 4.98 Å². The molecule has 0 spiro atoms. The average Bonchev–Trinajstić information content (AvgIpc) is 2.00. The van der Waals surface area contributed by atoms with Crippen LogP contribution in [0.1, 0.15) is 25.2 Å². The van der Waals surface area contributed by atoms with Crippen molar-refractivity contribution in [2.45, 2.75) is 26.4 Å². The van der Waals surface area contributed by atoms with Crippen LogP contribution in [-0.2, 0) is 0 Å². The van der Waals surface area contributed by atoms with Crippen molar-refractivity contribution >= 4 is 0 Å². The normalized spacial score (nSPS) is 10.5. The largest absolute Gasteiger partial charge is 0.378 e. The van der Waals surface area contributed by atoms with Crippen LogP contribution in [0.25, 0.3) is 0 Å². The molecule has 0 aliphatic heterocycles. The number of nitrogens with zero attached hydrogens (tertiary/aromatic N) is 2. The lowest BCUT2D eigenvalue weighted by Crippen LogP contribution is -2.14. The van der Waals surface area contributed by atoms with Gasteiger partial charge in [0, 0.05) is 6.20 Å². The Hall–Kier alpha value is -1.40. The Balaban J connectivity index is 2.90. The van der Waals surface area contributed by atoms with E-state index in [-0.39, 0.29) is 0 Å². The van der Waals surface area contributed by atoms with Gasteiger partial charge in [-0.2, -0.15) is 0 Å². The first-order valence-corrected chi connectivity index (χ1v) is 4.01. The lowest BCUT2D eigenvalue weighted by atomic mass is 10.1. The van der Waals surface area contributed by atoms with Crippen molar-refractivity contribution in [3.05, 3.63) is 23.8 Å². The number of hydrogen-bond donors (Lipinski definition) is 1. The number of aromatic nitrogens is 2. The molecule has 1 aromatic heterocycles. The molecule has 0 radical (unpaired) electrons. The van der Waals surface area contributed by atoms with Gasteiger partial charge in [0.05, 0.1) is 11.9 Å². The Kier molecular flexibility index (Phi) is 2.64. The summed E-state index contributed by atoms with van der Waals surface area (Å²) in [7, 11) is 0. The van der Waals surface area contributed by atoms with Crippen molar-refractivity contribution < 1.29 is 5.11 Å². The molecule has 0 bridgehead atoms. The lowest BCUT2D eigenvalue weighted by molar-refractivity contribution is 0.143. The first kappa shape index (κ1) is 9.69. The van der Waals surface area contributed by atoms with E-state index in [1.54, 1.807) is 26.2 Å². The monoisotopic (exact) mass is 176 g/mol. The van der Waals surface area contributed by atoms with E-state index in [0.717, 1.165) is 5.69 Å². The Morgan fingerprint density at radius 3 is 2.62 bits per heavy atom. The molecule has 68 valence electrons. The van der Waals surface area contributed by atoms with Crippen LogP contribution in [0.15, 0.2) is 12.4 Å². The molecule has 0 unspecified atom stereocenters. The van der Waals surface area contributed by atoms with Crippen LogP contribution < -0.4 is 0 Å². The minimum atomic E-state index is -0.981. The third-order valence-corrected chi connectivity index (χ3v) is 1.25. The molecule has 1 heterocycles. The van der Waals surface area contributed by atoms with Crippen LogP contribution in [0.2, 0.25) is 0 Å². The highest BCUT2D eigenvalue weighted by Gasteiger charge is 2.05. The molecule has 1 N–H and O–H groups in total. The molecule has 0 aliphatic rings. The summed E-state index contributed by atoms with van der Waals surface area (Å²) < 4.78 is 0. The molecule has 0 fully saturated rings. The van der Waals surface area contributed by atoms with Crippen LogP contribution in [0, 0.1) is 18.8 Å². The highest BCUT2D eigenvalue weighted by Crippen LogP contribution is 1.98. The van der Waals surface area contributed by atoms with Crippen molar-refractivity contribution in [1.82, 2.24) is 9.97 Å².